The molecule has 0 aromatic heterocycles. The van der Waals surface area contributed by atoms with E-state index >= 15 is 0 Å². The fourth-order valence-corrected chi connectivity index (χ4v) is 3.14. The minimum Gasteiger partial charge on any atom is -0.457 e. The fourth-order valence-electron chi connectivity index (χ4n) is 3.14. The molecule has 4 rings (SSSR count). The zero-order valence-electron chi connectivity index (χ0n) is 10.2. The Balaban J connectivity index is 1.59. The number of carbonyl (C=O) groups excluding carboxylic acids is 1. The molecule has 1 aromatic carbocycles. The van der Waals surface area contributed by atoms with E-state index in [4.69, 9.17) is 14.0 Å². The van der Waals surface area contributed by atoms with Crippen LogP contribution in [-0.4, -0.2) is 42.1 Å². The highest BCUT2D eigenvalue weighted by Crippen LogP contribution is 2.43. The predicted molar refractivity (Wildman–Crippen MR) is 65.6 cm³/mol. The molecule has 19 heavy (non-hydrogen) atoms. The quantitative estimate of drug-likeness (QED) is 0.550. The standard InChI is InChI=1S/C13H13BO5/c15-12-13(16)6-9(17-12)11-10(7-13)18-14(19-11)8-4-2-1-3-5-8/h1-5,9-11,16H,6-7H2/t9-,10-,11+,13-/m1/s1. The van der Waals surface area contributed by atoms with E-state index in [2.05, 4.69) is 0 Å². The molecule has 6 heteroatoms. The molecule has 3 fully saturated rings. The van der Waals surface area contributed by atoms with Gasteiger partial charge in [0.05, 0.1) is 6.10 Å². The number of hydrogen-bond donors (Lipinski definition) is 1. The summed E-state index contributed by atoms with van der Waals surface area (Å²) in [5.41, 5.74) is -0.452. The first-order chi connectivity index (χ1) is 9.16. The van der Waals surface area contributed by atoms with Gasteiger partial charge in [-0.25, -0.2) is 4.79 Å². The normalized spacial score (nSPS) is 40.2. The van der Waals surface area contributed by atoms with Crippen molar-refractivity contribution in [1.29, 1.82) is 0 Å². The maximum absolute atomic E-state index is 11.6. The zero-order chi connectivity index (χ0) is 13.0. The summed E-state index contributed by atoms with van der Waals surface area (Å²) in [6.45, 7) is 0. The Morgan fingerprint density at radius 2 is 1.89 bits per heavy atom. The minimum atomic E-state index is -1.39. The Kier molecular flexibility index (Phi) is 2.30. The molecule has 0 amide bonds. The van der Waals surface area contributed by atoms with Gasteiger partial charge in [0.1, 0.15) is 12.2 Å². The molecule has 1 aromatic rings. The van der Waals surface area contributed by atoms with Crippen LogP contribution < -0.4 is 5.46 Å². The van der Waals surface area contributed by atoms with Crippen LogP contribution in [-0.2, 0) is 18.8 Å². The maximum Gasteiger partial charge on any atom is 0.494 e. The van der Waals surface area contributed by atoms with E-state index in [1.54, 1.807) is 0 Å². The van der Waals surface area contributed by atoms with Crippen LogP contribution >= 0.6 is 0 Å². The molecular weight excluding hydrogens is 247 g/mol. The Labute approximate surface area is 110 Å². The molecule has 98 valence electrons. The monoisotopic (exact) mass is 260 g/mol. The van der Waals surface area contributed by atoms with E-state index in [9.17, 15) is 9.90 Å². The van der Waals surface area contributed by atoms with Gasteiger partial charge >= 0.3 is 13.1 Å². The third-order valence-electron chi connectivity index (χ3n) is 4.10. The van der Waals surface area contributed by atoms with Gasteiger partial charge < -0.3 is 19.2 Å². The van der Waals surface area contributed by atoms with Crippen molar-refractivity contribution >= 4 is 18.6 Å². The van der Waals surface area contributed by atoms with Crippen LogP contribution in [0.15, 0.2) is 30.3 Å². The van der Waals surface area contributed by atoms with Crippen LogP contribution in [0.5, 0.6) is 0 Å². The maximum atomic E-state index is 11.6. The summed E-state index contributed by atoms with van der Waals surface area (Å²) in [5.74, 6) is -0.546. The van der Waals surface area contributed by atoms with Crippen molar-refractivity contribution in [2.24, 2.45) is 0 Å². The average molecular weight is 260 g/mol. The summed E-state index contributed by atoms with van der Waals surface area (Å²) in [6, 6.07) is 9.63. The lowest BCUT2D eigenvalue weighted by Crippen LogP contribution is -2.47. The van der Waals surface area contributed by atoms with E-state index in [1.807, 2.05) is 30.3 Å². The van der Waals surface area contributed by atoms with Crippen LogP contribution in [0.3, 0.4) is 0 Å². The molecule has 3 aliphatic rings. The highest BCUT2D eigenvalue weighted by Gasteiger charge is 2.61. The number of fused-ring (bicyclic) bond motifs is 4. The first kappa shape index (κ1) is 11.5. The summed E-state index contributed by atoms with van der Waals surface area (Å²) in [4.78, 5) is 11.6. The van der Waals surface area contributed by atoms with E-state index in [0.717, 1.165) is 5.46 Å². The smallest absolute Gasteiger partial charge is 0.457 e. The number of aliphatic hydroxyl groups is 1. The zero-order valence-corrected chi connectivity index (χ0v) is 10.2. The number of ether oxygens (including phenoxy) is 1. The Hall–Kier alpha value is -1.37. The van der Waals surface area contributed by atoms with Gasteiger partial charge in [-0.2, -0.15) is 0 Å². The number of hydrogen-bond acceptors (Lipinski definition) is 5. The summed E-state index contributed by atoms with van der Waals surface area (Å²) < 4.78 is 16.9. The average Bonchev–Trinajstić information content (AvgIpc) is 2.92. The third-order valence-corrected chi connectivity index (χ3v) is 4.10. The molecule has 0 unspecified atom stereocenters. The van der Waals surface area contributed by atoms with Crippen molar-refractivity contribution < 1.29 is 23.9 Å². The lowest BCUT2D eigenvalue weighted by Gasteiger charge is -2.30. The topological polar surface area (TPSA) is 65.0 Å². The van der Waals surface area contributed by atoms with Crippen molar-refractivity contribution in [2.75, 3.05) is 0 Å². The SMILES string of the molecule is O=C1O[C@@H]2C[C@@]1(O)C[C@H]1OB(c3ccccc3)O[C@H]12. The van der Waals surface area contributed by atoms with Gasteiger partial charge in [0.25, 0.3) is 0 Å². The molecule has 1 saturated carbocycles. The van der Waals surface area contributed by atoms with E-state index in [1.165, 1.54) is 0 Å². The van der Waals surface area contributed by atoms with Crippen molar-refractivity contribution in [1.82, 2.24) is 0 Å². The molecular formula is C13H13BO5. The van der Waals surface area contributed by atoms with Crippen molar-refractivity contribution in [2.45, 2.75) is 36.8 Å². The molecule has 0 spiro atoms. The molecule has 2 bridgehead atoms. The Morgan fingerprint density at radius 3 is 2.68 bits per heavy atom. The first-order valence-corrected chi connectivity index (χ1v) is 6.45. The first-order valence-electron chi connectivity index (χ1n) is 6.45. The summed E-state index contributed by atoms with van der Waals surface area (Å²) in [5, 5.41) is 10.2. The number of benzene rings is 1. The summed E-state index contributed by atoms with van der Waals surface area (Å²) >= 11 is 0. The highest BCUT2D eigenvalue weighted by molar-refractivity contribution is 6.61. The van der Waals surface area contributed by atoms with E-state index < -0.39 is 24.8 Å². The van der Waals surface area contributed by atoms with E-state index in [0.29, 0.717) is 6.42 Å². The molecule has 4 atom stereocenters. The van der Waals surface area contributed by atoms with Crippen LogP contribution in [0.2, 0.25) is 0 Å². The lowest BCUT2D eigenvalue weighted by molar-refractivity contribution is -0.154. The Morgan fingerprint density at radius 1 is 1.16 bits per heavy atom. The largest absolute Gasteiger partial charge is 0.494 e. The number of rotatable bonds is 1. The van der Waals surface area contributed by atoms with Crippen molar-refractivity contribution in [3.63, 3.8) is 0 Å². The number of carbonyl (C=O) groups is 1. The van der Waals surface area contributed by atoms with Crippen LogP contribution in [0.1, 0.15) is 12.8 Å². The van der Waals surface area contributed by atoms with Crippen LogP contribution in [0.4, 0.5) is 0 Å². The molecule has 2 heterocycles. The van der Waals surface area contributed by atoms with Crippen molar-refractivity contribution in [3.05, 3.63) is 30.3 Å². The second kappa shape index (κ2) is 3.82. The van der Waals surface area contributed by atoms with E-state index in [-0.39, 0.29) is 18.6 Å². The lowest BCUT2D eigenvalue weighted by atomic mass is 9.79. The van der Waals surface area contributed by atoms with Gasteiger partial charge in [-0.1, -0.05) is 30.3 Å². The molecule has 5 nitrogen and oxygen atoms in total. The van der Waals surface area contributed by atoms with Gasteiger partial charge in [-0.3, -0.25) is 0 Å². The molecule has 2 aliphatic heterocycles. The van der Waals surface area contributed by atoms with Gasteiger partial charge in [0.2, 0.25) is 0 Å². The second-order valence-electron chi connectivity index (χ2n) is 5.40. The third kappa shape index (κ3) is 1.64. The summed E-state index contributed by atoms with van der Waals surface area (Å²) in [6.07, 6.45) is -0.420. The molecule has 1 aliphatic carbocycles. The highest BCUT2D eigenvalue weighted by atomic mass is 16.7. The fraction of sp³-hybridized carbons (Fsp3) is 0.462. The van der Waals surface area contributed by atoms with Gasteiger partial charge in [-0.15, -0.1) is 0 Å². The van der Waals surface area contributed by atoms with Gasteiger partial charge in [-0.05, 0) is 5.46 Å². The van der Waals surface area contributed by atoms with Gasteiger partial charge in [0, 0.05) is 12.8 Å². The molecule has 2 saturated heterocycles. The van der Waals surface area contributed by atoms with Crippen LogP contribution in [0, 0.1) is 0 Å². The molecule has 0 radical (unpaired) electrons. The molecule has 1 N–H and O–H groups in total. The predicted octanol–water partition coefficient (Wildman–Crippen LogP) is -0.384. The second-order valence-corrected chi connectivity index (χ2v) is 5.40. The number of esters is 1. The van der Waals surface area contributed by atoms with Crippen molar-refractivity contribution in [3.8, 4) is 0 Å². The van der Waals surface area contributed by atoms with Gasteiger partial charge in [0.15, 0.2) is 5.60 Å². The minimum absolute atomic E-state index is 0.246. The summed E-state index contributed by atoms with van der Waals surface area (Å²) in [7, 11) is -0.446. The Bertz CT molecular complexity index is 521. The van der Waals surface area contributed by atoms with Crippen LogP contribution in [0.25, 0.3) is 0 Å².